The van der Waals surface area contributed by atoms with Crippen LogP contribution in [0.25, 0.3) is 0 Å². The number of nitrogens with zero attached hydrogens (tertiary/aromatic N) is 1. The van der Waals surface area contributed by atoms with Crippen molar-refractivity contribution in [1.82, 2.24) is 5.32 Å². The Labute approximate surface area is 123 Å². The van der Waals surface area contributed by atoms with E-state index in [0.717, 1.165) is 38.0 Å². The van der Waals surface area contributed by atoms with Crippen molar-refractivity contribution in [3.8, 4) is 6.07 Å². The molecular weight excluding hydrogens is 248 g/mol. The summed E-state index contributed by atoms with van der Waals surface area (Å²) >= 11 is 0. The van der Waals surface area contributed by atoms with Gasteiger partial charge >= 0.3 is 0 Å². The Morgan fingerprint density at radius 3 is 2.25 bits per heavy atom. The average Bonchev–Trinajstić information content (AvgIpc) is 2.93. The zero-order valence-corrected chi connectivity index (χ0v) is 12.6. The molecule has 2 rings (SSSR count). The molecule has 0 atom stereocenters. The predicted octanol–water partition coefficient (Wildman–Crippen LogP) is 4.08. The molecule has 2 aliphatic carbocycles. The normalized spacial score (nSPS) is 23.6. The molecule has 2 aliphatic rings. The van der Waals surface area contributed by atoms with Crippen molar-refractivity contribution in [2.24, 2.45) is 5.92 Å². The van der Waals surface area contributed by atoms with Gasteiger partial charge in [-0.05, 0) is 25.2 Å². The highest BCUT2D eigenvalue weighted by Crippen LogP contribution is 2.29. The average molecular weight is 276 g/mol. The molecular formula is C17H28N2O. The minimum atomic E-state index is -0.576. The summed E-state index contributed by atoms with van der Waals surface area (Å²) in [6.45, 7) is 0. The van der Waals surface area contributed by atoms with E-state index in [0.29, 0.717) is 6.42 Å². The fraction of sp³-hybridized carbons (Fsp3) is 0.882. The van der Waals surface area contributed by atoms with Crippen molar-refractivity contribution in [1.29, 1.82) is 5.26 Å². The van der Waals surface area contributed by atoms with Crippen LogP contribution in [0.3, 0.4) is 0 Å². The molecule has 0 aromatic heterocycles. The first-order chi connectivity index (χ1) is 9.74. The zero-order valence-electron chi connectivity index (χ0n) is 12.6. The van der Waals surface area contributed by atoms with Crippen molar-refractivity contribution in [3.63, 3.8) is 0 Å². The molecule has 0 aromatic rings. The van der Waals surface area contributed by atoms with Crippen LogP contribution in [-0.2, 0) is 4.79 Å². The van der Waals surface area contributed by atoms with E-state index in [-0.39, 0.29) is 5.91 Å². The molecule has 0 saturated heterocycles. The highest BCUT2D eigenvalue weighted by atomic mass is 16.1. The van der Waals surface area contributed by atoms with E-state index in [1.165, 1.54) is 44.9 Å². The molecule has 1 amide bonds. The third-order valence-electron chi connectivity index (χ3n) is 5.05. The second kappa shape index (κ2) is 7.67. The van der Waals surface area contributed by atoms with Crippen molar-refractivity contribution in [2.75, 3.05) is 0 Å². The lowest BCUT2D eigenvalue weighted by Gasteiger charge is -2.30. The summed E-state index contributed by atoms with van der Waals surface area (Å²) in [6.07, 6.45) is 14.3. The van der Waals surface area contributed by atoms with Crippen LogP contribution in [0.2, 0.25) is 0 Å². The van der Waals surface area contributed by atoms with E-state index in [2.05, 4.69) is 11.4 Å². The molecule has 0 unspecified atom stereocenters. The highest BCUT2D eigenvalue weighted by molar-refractivity contribution is 5.77. The van der Waals surface area contributed by atoms with E-state index in [1.807, 2.05) is 0 Å². The number of hydrogen-bond acceptors (Lipinski definition) is 2. The summed E-state index contributed by atoms with van der Waals surface area (Å²) in [5.74, 6) is 0.843. The SMILES string of the molecule is N#CC1(NC(=O)CCC2CCCC2)CCCCCCC1. The molecule has 0 aliphatic heterocycles. The van der Waals surface area contributed by atoms with E-state index in [1.54, 1.807) is 0 Å². The highest BCUT2D eigenvalue weighted by Gasteiger charge is 2.31. The smallest absolute Gasteiger partial charge is 0.221 e. The molecule has 1 N–H and O–H groups in total. The Morgan fingerprint density at radius 1 is 1.05 bits per heavy atom. The zero-order chi connectivity index (χ0) is 14.3. The van der Waals surface area contributed by atoms with Gasteiger partial charge in [0.05, 0.1) is 6.07 Å². The fourth-order valence-electron chi connectivity index (χ4n) is 3.74. The maximum atomic E-state index is 12.2. The van der Waals surface area contributed by atoms with Gasteiger partial charge in [-0.1, -0.05) is 57.8 Å². The first-order valence-corrected chi connectivity index (χ1v) is 8.46. The van der Waals surface area contributed by atoms with Crippen LogP contribution in [0, 0.1) is 17.2 Å². The third-order valence-corrected chi connectivity index (χ3v) is 5.05. The van der Waals surface area contributed by atoms with Crippen molar-refractivity contribution in [2.45, 2.75) is 89.0 Å². The van der Waals surface area contributed by atoms with E-state index >= 15 is 0 Å². The van der Waals surface area contributed by atoms with Gasteiger partial charge in [0.2, 0.25) is 5.91 Å². The van der Waals surface area contributed by atoms with Crippen LogP contribution in [-0.4, -0.2) is 11.4 Å². The van der Waals surface area contributed by atoms with Gasteiger partial charge in [-0.3, -0.25) is 4.79 Å². The van der Waals surface area contributed by atoms with Gasteiger partial charge in [-0.25, -0.2) is 0 Å². The summed E-state index contributed by atoms with van der Waals surface area (Å²) in [5, 5.41) is 12.6. The monoisotopic (exact) mass is 276 g/mol. The molecule has 0 spiro atoms. The number of nitriles is 1. The summed E-state index contributed by atoms with van der Waals surface area (Å²) in [5.41, 5.74) is -0.576. The van der Waals surface area contributed by atoms with Crippen molar-refractivity contribution >= 4 is 5.91 Å². The van der Waals surface area contributed by atoms with Gasteiger partial charge in [0.15, 0.2) is 0 Å². The predicted molar refractivity (Wildman–Crippen MR) is 80.0 cm³/mol. The Hall–Kier alpha value is -1.04. The van der Waals surface area contributed by atoms with Crippen molar-refractivity contribution in [3.05, 3.63) is 0 Å². The van der Waals surface area contributed by atoms with E-state index in [4.69, 9.17) is 0 Å². The van der Waals surface area contributed by atoms with Crippen LogP contribution >= 0.6 is 0 Å². The molecule has 112 valence electrons. The lowest BCUT2D eigenvalue weighted by molar-refractivity contribution is -0.123. The van der Waals surface area contributed by atoms with E-state index in [9.17, 15) is 10.1 Å². The topological polar surface area (TPSA) is 52.9 Å². The maximum absolute atomic E-state index is 12.2. The summed E-state index contributed by atoms with van der Waals surface area (Å²) in [7, 11) is 0. The van der Waals surface area contributed by atoms with Gasteiger partial charge in [0.25, 0.3) is 0 Å². The van der Waals surface area contributed by atoms with Crippen LogP contribution < -0.4 is 5.32 Å². The molecule has 0 bridgehead atoms. The summed E-state index contributed by atoms with van der Waals surface area (Å²) in [6, 6.07) is 2.41. The van der Waals surface area contributed by atoms with Crippen LogP contribution in [0.15, 0.2) is 0 Å². The molecule has 3 nitrogen and oxygen atoms in total. The van der Waals surface area contributed by atoms with Crippen LogP contribution in [0.1, 0.15) is 83.5 Å². The summed E-state index contributed by atoms with van der Waals surface area (Å²) < 4.78 is 0. The second-order valence-electron chi connectivity index (χ2n) is 6.70. The molecule has 20 heavy (non-hydrogen) atoms. The largest absolute Gasteiger partial charge is 0.338 e. The van der Waals surface area contributed by atoms with Gasteiger partial charge < -0.3 is 5.32 Å². The number of nitrogens with one attached hydrogen (secondary N) is 1. The van der Waals surface area contributed by atoms with Gasteiger partial charge in [0, 0.05) is 6.42 Å². The van der Waals surface area contributed by atoms with Gasteiger partial charge in [-0.2, -0.15) is 5.26 Å². The maximum Gasteiger partial charge on any atom is 0.221 e. The standard InChI is InChI=1S/C17H28N2O/c18-14-17(12-6-2-1-3-7-13-17)19-16(20)11-10-15-8-4-5-9-15/h15H,1-13H2,(H,19,20). The molecule has 3 heteroatoms. The Bertz CT molecular complexity index is 344. The minimum Gasteiger partial charge on any atom is -0.338 e. The van der Waals surface area contributed by atoms with Crippen LogP contribution in [0.4, 0.5) is 0 Å². The number of amides is 1. The van der Waals surface area contributed by atoms with Gasteiger partial charge in [0.1, 0.15) is 5.54 Å². The number of hydrogen-bond donors (Lipinski definition) is 1. The Kier molecular flexibility index (Phi) is 5.88. The lowest BCUT2D eigenvalue weighted by Crippen LogP contribution is -2.47. The third kappa shape index (κ3) is 4.51. The van der Waals surface area contributed by atoms with Gasteiger partial charge in [-0.15, -0.1) is 0 Å². The number of rotatable bonds is 4. The quantitative estimate of drug-likeness (QED) is 0.841. The Morgan fingerprint density at radius 2 is 1.65 bits per heavy atom. The molecule has 2 fully saturated rings. The molecule has 0 aromatic carbocycles. The van der Waals surface area contributed by atoms with Crippen molar-refractivity contribution < 1.29 is 4.79 Å². The minimum absolute atomic E-state index is 0.0963. The second-order valence-corrected chi connectivity index (χ2v) is 6.70. The molecule has 0 radical (unpaired) electrons. The van der Waals surface area contributed by atoms with Crippen LogP contribution in [0.5, 0.6) is 0 Å². The summed E-state index contributed by atoms with van der Waals surface area (Å²) in [4.78, 5) is 12.2. The Balaban J connectivity index is 1.80. The molecule has 2 saturated carbocycles. The number of carbonyl (C=O) groups is 1. The lowest BCUT2D eigenvalue weighted by atomic mass is 9.85. The molecule has 0 heterocycles. The fourth-order valence-corrected chi connectivity index (χ4v) is 3.74. The first kappa shape index (κ1) is 15.4. The van der Waals surface area contributed by atoms with E-state index < -0.39 is 5.54 Å². The number of carbonyl (C=O) groups excluding carboxylic acids is 1. The first-order valence-electron chi connectivity index (χ1n) is 8.46.